The van der Waals surface area contributed by atoms with Crippen molar-refractivity contribution in [3.8, 4) is 11.5 Å². The first kappa shape index (κ1) is 19.1. The number of aliphatic imine (C=N–C) groups is 1. The minimum atomic E-state index is 0.218. The maximum Gasteiger partial charge on any atom is 0.191 e. The molecule has 0 spiro atoms. The Morgan fingerprint density at radius 1 is 1.37 bits per heavy atom. The summed E-state index contributed by atoms with van der Waals surface area (Å²) in [5.74, 6) is 2.64. The van der Waals surface area contributed by atoms with E-state index in [2.05, 4.69) is 41.6 Å². The highest BCUT2D eigenvalue weighted by atomic mass is 16.5. The Labute approximate surface area is 160 Å². The number of ether oxygens (including phenoxy) is 2. The van der Waals surface area contributed by atoms with Crippen molar-refractivity contribution in [3.63, 3.8) is 0 Å². The lowest BCUT2D eigenvalue weighted by Gasteiger charge is -2.14. The van der Waals surface area contributed by atoms with Crippen LogP contribution in [0, 0.1) is 0 Å². The molecule has 1 aliphatic rings. The summed E-state index contributed by atoms with van der Waals surface area (Å²) < 4.78 is 13.8. The number of nitrogens with zero attached hydrogens (tertiary/aromatic N) is 3. The topological polar surface area (TPSA) is 72.7 Å². The van der Waals surface area contributed by atoms with E-state index in [1.807, 2.05) is 24.0 Å². The normalized spacial score (nSPS) is 16.0. The van der Waals surface area contributed by atoms with Crippen LogP contribution in [0.4, 0.5) is 0 Å². The Bertz CT molecular complexity index is 758. The Morgan fingerprint density at radius 3 is 3.00 bits per heavy atom. The third-order valence-corrected chi connectivity index (χ3v) is 4.35. The van der Waals surface area contributed by atoms with Crippen molar-refractivity contribution < 1.29 is 9.47 Å². The van der Waals surface area contributed by atoms with Gasteiger partial charge < -0.3 is 24.7 Å². The molecule has 0 saturated carbocycles. The van der Waals surface area contributed by atoms with Gasteiger partial charge in [-0.2, -0.15) is 0 Å². The van der Waals surface area contributed by atoms with Crippen LogP contribution in [0.2, 0.25) is 0 Å². The van der Waals surface area contributed by atoms with Gasteiger partial charge in [-0.15, -0.1) is 0 Å². The summed E-state index contributed by atoms with van der Waals surface area (Å²) in [7, 11) is 0. The molecule has 0 bridgehead atoms. The second-order valence-corrected chi connectivity index (χ2v) is 6.56. The van der Waals surface area contributed by atoms with Gasteiger partial charge in [-0.25, -0.2) is 9.98 Å². The first-order valence-electron chi connectivity index (χ1n) is 9.62. The van der Waals surface area contributed by atoms with E-state index in [9.17, 15) is 0 Å². The lowest BCUT2D eigenvalue weighted by atomic mass is 10.1. The molecule has 1 atom stereocenters. The van der Waals surface area contributed by atoms with E-state index in [0.717, 1.165) is 49.1 Å². The van der Waals surface area contributed by atoms with Crippen molar-refractivity contribution >= 4 is 5.96 Å². The van der Waals surface area contributed by atoms with Gasteiger partial charge in [0.05, 0.1) is 19.5 Å². The van der Waals surface area contributed by atoms with Gasteiger partial charge in [0.1, 0.15) is 17.6 Å². The summed E-state index contributed by atoms with van der Waals surface area (Å²) in [5.41, 5.74) is 2.25. The Morgan fingerprint density at radius 2 is 2.26 bits per heavy atom. The predicted molar refractivity (Wildman–Crippen MR) is 106 cm³/mol. The van der Waals surface area contributed by atoms with Gasteiger partial charge in [-0.1, -0.05) is 0 Å². The molecule has 1 unspecified atom stereocenters. The average molecular weight is 371 g/mol. The molecule has 7 heteroatoms. The quantitative estimate of drug-likeness (QED) is 0.551. The van der Waals surface area contributed by atoms with Crippen molar-refractivity contribution in [1.82, 2.24) is 20.2 Å². The predicted octanol–water partition coefficient (Wildman–Crippen LogP) is 2.36. The van der Waals surface area contributed by atoms with E-state index in [-0.39, 0.29) is 6.10 Å². The zero-order chi connectivity index (χ0) is 19.1. The van der Waals surface area contributed by atoms with Crippen molar-refractivity contribution in [1.29, 1.82) is 0 Å². The van der Waals surface area contributed by atoms with Gasteiger partial charge in [0.25, 0.3) is 0 Å². The van der Waals surface area contributed by atoms with Gasteiger partial charge in [0, 0.05) is 49.6 Å². The first-order chi connectivity index (χ1) is 13.2. The van der Waals surface area contributed by atoms with Gasteiger partial charge in [-0.3, -0.25) is 0 Å². The van der Waals surface area contributed by atoms with Crippen LogP contribution in [0.3, 0.4) is 0 Å². The highest BCUT2D eigenvalue weighted by molar-refractivity contribution is 5.79. The molecule has 27 heavy (non-hydrogen) atoms. The lowest BCUT2D eigenvalue weighted by Crippen LogP contribution is -2.38. The molecule has 1 aromatic heterocycles. The van der Waals surface area contributed by atoms with E-state index in [1.165, 1.54) is 5.56 Å². The molecule has 7 nitrogen and oxygen atoms in total. The van der Waals surface area contributed by atoms with Gasteiger partial charge in [-0.05, 0) is 32.9 Å². The minimum Gasteiger partial charge on any atom is -0.494 e. The molecule has 2 aromatic rings. The number of fused-ring (bicyclic) bond motifs is 1. The molecule has 3 rings (SSSR count). The maximum atomic E-state index is 5.90. The van der Waals surface area contributed by atoms with Crippen LogP contribution >= 0.6 is 0 Å². The summed E-state index contributed by atoms with van der Waals surface area (Å²) >= 11 is 0. The van der Waals surface area contributed by atoms with Crippen molar-refractivity contribution in [2.75, 3.05) is 19.7 Å². The van der Waals surface area contributed by atoms with Crippen molar-refractivity contribution in [2.45, 2.75) is 46.4 Å². The largest absolute Gasteiger partial charge is 0.494 e. The Kier molecular flexibility index (Phi) is 6.57. The van der Waals surface area contributed by atoms with Gasteiger partial charge >= 0.3 is 0 Å². The summed E-state index contributed by atoms with van der Waals surface area (Å²) in [6.07, 6.45) is 6.69. The third kappa shape index (κ3) is 5.15. The van der Waals surface area contributed by atoms with Crippen molar-refractivity contribution in [2.24, 2.45) is 4.99 Å². The second-order valence-electron chi connectivity index (χ2n) is 6.56. The minimum absolute atomic E-state index is 0.218. The van der Waals surface area contributed by atoms with E-state index >= 15 is 0 Å². The SMILES string of the molecule is CCNC(=NCc1cc2c(cc1OCC)CC(C)O2)NCCn1ccnc1. The zero-order valence-electron chi connectivity index (χ0n) is 16.4. The highest BCUT2D eigenvalue weighted by Gasteiger charge is 2.21. The molecule has 0 aliphatic carbocycles. The van der Waals surface area contributed by atoms with Crippen LogP contribution in [-0.4, -0.2) is 41.3 Å². The van der Waals surface area contributed by atoms with Crippen LogP contribution in [0.1, 0.15) is 31.9 Å². The van der Waals surface area contributed by atoms with E-state index < -0.39 is 0 Å². The number of aromatic nitrogens is 2. The number of guanidine groups is 1. The van der Waals surface area contributed by atoms with Crippen molar-refractivity contribution in [3.05, 3.63) is 42.0 Å². The number of rotatable bonds is 8. The summed E-state index contributed by atoms with van der Waals surface area (Å²) in [6, 6.07) is 4.18. The maximum absolute atomic E-state index is 5.90. The monoisotopic (exact) mass is 371 g/mol. The van der Waals surface area contributed by atoms with Gasteiger partial charge in [0.15, 0.2) is 5.96 Å². The molecule has 1 aromatic carbocycles. The van der Waals surface area contributed by atoms with E-state index in [0.29, 0.717) is 13.2 Å². The van der Waals surface area contributed by atoms with E-state index in [4.69, 9.17) is 14.5 Å². The number of hydrogen-bond donors (Lipinski definition) is 2. The smallest absolute Gasteiger partial charge is 0.191 e. The fraction of sp³-hybridized carbons (Fsp3) is 0.500. The van der Waals surface area contributed by atoms with Crippen LogP contribution in [0.15, 0.2) is 35.8 Å². The highest BCUT2D eigenvalue weighted by Crippen LogP contribution is 2.35. The molecule has 0 radical (unpaired) electrons. The summed E-state index contributed by atoms with van der Waals surface area (Å²) in [6.45, 7) is 9.72. The van der Waals surface area contributed by atoms with Crippen LogP contribution in [0.25, 0.3) is 0 Å². The number of nitrogens with one attached hydrogen (secondary N) is 2. The summed E-state index contributed by atoms with van der Waals surface area (Å²) in [4.78, 5) is 8.78. The number of imidazole rings is 1. The zero-order valence-corrected chi connectivity index (χ0v) is 16.4. The van der Waals surface area contributed by atoms with Crippen LogP contribution in [-0.2, 0) is 19.5 Å². The lowest BCUT2D eigenvalue weighted by molar-refractivity contribution is 0.254. The third-order valence-electron chi connectivity index (χ3n) is 4.35. The molecule has 1 aliphatic heterocycles. The first-order valence-corrected chi connectivity index (χ1v) is 9.62. The molecule has 0 amide bonds. The Hall–Kier alpha value is -2.70. The fourth-order valence-corrected chi connectivity index (χ4v) is 3.12. The van der Waals surface area contributed by atoms with Crippen LogP contribution < -0.4 is 20.1 Å². The number of hydrogen-bond acceptors (Lipinski definition) is 4. The molecule has 2 N–H and O–H groups in total. The molecule has 0 fully saturated rings. The van der Waals surface area contributed by atoms with Crippen LogP contribution in [0.5, 0.6) is 11.5 Å². The standard InChI is InChI=1S/C20H29N5O2/c1-4-22-20(23-7-9-25-8-6-21-14-25)24-13-17-12-19-16(10-15(3)27-19)11-18(17)26-5-2/h6,8,11-12,14-15H,4-5,7,9-10,13H2,1-3H3,(H2,22,23,24). The molecular formula is C20H29N5O2. The Balaban J connectivity index is 1.68. The van der Waals surface area contributed by atoms with Gasteiger partial charge in [0.2, 0.25) is 0 Å². The average Bonchev–Trinajstić information content (AvgIpc) is 3.28. The molecular weight excluding hydrogens is 342 g/mol. The number of benzene rings is 1. The summed E-state index contributed by atoms with van der Waals surface area (Å²) in [5, 5.41) is 6.64. The fourth-order valence-electron chi connectivity index (χ4n) is 3.12. The van der Waals surface area contributed by atoms with E-state index in [1.54, 1.807) is 6.20 Å². The second kappa shape index (κ2) is 9.30. The molecule has 146 valence electrons. The molecule has 2 heterocycles. The molecule has 0 saturated heterocycles.